The highest BCUT2D eigenvalue weighted by Gasteiger charge is 2.50. The molecule has 2 aromatic rings. The summed E-state index contributed by atoms with van der Waals surface area (Å²) in [5.41, 5.74) is -1.00. The van der Waals surface area contributed by atoms with E-state index in [4.69, 9.17) is 23.7 Å². The van der Waals surface area contributed by atoms with E-state index in [0.717, 1.165) is 0 Å². The van der Waals surface area contributed by atoms with E-state index >= 15 is 0 Å². The molecule has 0 saturated carbocycles. The van der Waals surface area contributed by atoms with Gasteiger partial charge in [-0.25, -0.2) is 0 Å². The number of hydrogen-bond donors (Lipinski definition) is 0. The number of pyridine rings is 1. The second-order valence-corrected chi connectivity index (χ2v) is 7.57. The Morgan fingerprint density at radius 3 is 2.23 bits per heavy atom. The highest BCUT2D eigenvalue weighted by atomic mass is 16.6. The van der Waals surface area contributed by atoms with Crippen LogP contribution in [0.2, 0.25) is 0 Å². The Morgan fingerprint density at radius 1 is 1.07 bits per heavy atom. The number of methoxy groups -OCH3 is 2. The zero-order valence-corrected chi connectivity index (χ0v) is 18.0. The lowest BCUT2D eigenvalue weighted by Gasteiger charge is -2.43. The number of benzene rings is 1. The predicted octanol–water partition coefficient (Wildman–Crippen LogP) is 2.26. The summed E-state index contributed by atoms with van der Waals surface area (Å²) in [5, 5.41) is 0.566. The van der Waals surface area contributed by atoms with Crippen molar-refractivity contribution >= 4 is 22.8 Å². The largest absolute Gasteiger partial charge is 0.493 e. The molecule has 162 valence electrons. The van der Waals surface area contributed by atoms with Crippen molar-refractivity contribution in [3.63, 3.8) is 0 Å². The summed E-state index contributed by atoms with van der Waals surface area (Å²) in [6.45, 7) is 5.87. The minimum absolute atomic E-state index is 0.0954. The van der Waals surface area contributed by atoms with E-state index in [2.05, 4.69) is 0 Å². The molecule has 30 heavy (non-hydrogen) atoms. The predicted molar refractivity (Wildman–Crippen MR) is 107 cm³/mol. The maximum atomic E-state index is 13.4. The fourth-order valence-electron chi connectivity index (χ4n) is 3.83. The van der Waals surface area contributed by atoms with E-state index in [9.17, 15) is 14.4 Å². The molecule has 9 heteroatoms. The molecule has 1 aromatic heterocycles. The Balaban J connectivity index is 2.42. The van der Waals surface area contributed by atoms with Gasteiger partial charge in [0.05, 0.1) is 14.2 Å². The Bertz CT molecular complexity index is 1080. The Labute approximate surface area is 173 Å². The van der Waals surface area contributed by atoms with Crippen molar-refractivity contribution in [2.45, 2.75) is 45.5 Å². The summed E-state index contributed by atoms with van der Waals surface area (Å²) in [5.74, 6) is -0.139. The average molecular weight is 419 g/mol. The molecular weight excluding hydrogens is 394 g/mol. The third-order valence-corrected chi connectivity index (χ3v) is 5.07. The zero-order chi connectivity index (χ0) is 22.4. The maximum Gasteiger partial charge on any atom is 0.303 e. The summed E-state index contributed by atoms with van der Waals surface area (Å²) in [7, 11) is 4.54. The van der Waals surface area contributed by atoms with Crippen molar-refractivity contribution in [2.75, 3.05) is 14.2 Å². The minimum atomic E-state index is -1.14. The second-order valence-electron chi connectivity index (χ2n) is 7.57. The Kier molecular flexibility index (Phi) is 5.40. The van der Waals surface area contributed by atoms with Crippen LogP contribution in [0.3, 0.4) is 0 Å². The number of nitrogens with zero attached hydrogens (tertiary/aromatic N) is 1. The van der Waals surface area contributed by atoms with Crippen molar-refractivity contribution in [2.24, 2.45) is 7.05 Å². The average Bonchev–Trinajstić information content (AvgIpc) is 2.66. The standard InChI is InChI=1S/C21H25NO8/c1-10(23)28-18-14-16(30-21(3,4)19(18)29-11(2)24)12-8-9-13(26-6)17(27-7)15(12)22(5)20(14)25/h8-9,18-19H,1-7H3/t18-,19+/m1/s1. The number of ether oxygens (including phenoxy) is 5. The second kappa shape index (κ2) is 7.55. The van der Waals surface area contributed by atoms with E-state index in [0.29, 0.717) is 22.4 Å². The summed E-state index contributed by atoms with van der Waals surface area (Å²) in [6, 6.07) is 3.43. The van der Waals surface area contributed by atoms with Crippen LogP contribution >= 0.6 is 0 Å². The summed E-state index contributed by atoms with van der Waals surface area (Å²) >= 11 is 0. The van der Waals surface area contributed by atoms with Crippen LogP contribution in [0.15, 0.2) is 16.9 Å². The van der Waals surface area contributed by atoms with Crippen molar-refractivity contribution in [1.82, 2.24) is 4.57 Å². The fourth-order valence-corrected chi connectivity index (χ4v) is 3.83. The van der Waals surface area contributed by atoms with Gasteiger partial charge in [-0.3, -0.25) is 14.4 Å². The topological polar surface area (TPSA) is 102 Å². The molecule has 1 aromatic carbocycles. The van der Waals surface area contributed by atoms with Crippen LogP contribution in [0, 0.1) is 0 Å². The lowest BCUT2D eigenvalue weighted by atomic mass is 9.87. The molecule has 2 heterocycles. The molecule has 0 aliphatic carbocycles. The van der Waals surface area contributed by atoms with Crippen molar-refractivity contribution < 1.29 is 33.3 Å². The first kappa shape index (κ1) is 21.5. The van der Waals surface area contributed by atoms with Crippen molar-refractivity contribution in [3.8, 4) is 17.2 Å². The highest BCUT2D eigenvalue weighted by molar-refractivity contribution is 5.93. The minimum Gasteiger partial charge on any atom is -0.493 e. The lowest BCUT2D eigenvalue weighted by molar-refractivity contribution is -0.188. The molecule has 0 unspecified atom stereocenters. The first-order valence-corrected chi connectivity index (χ1v) is 9.34. The molecule has 1 aliphatic heterocycles. The molecule has 3 rings (SSSR count). The van der Waals surface area contributed by atoms with Gasteiger partial charge in [0.2, 0.25) is 0 Å². The van der Waals surface area contributed by atoms with Gasteiger partial charge >= 0.3 is 11.9 Å². The number of carbonyl (C=O) groups is 2. The number of aromatic nitrogens is 1. The molecule has 0 bridgehead atoms. The van der Waals surface area contributed by atoms with Crippen LogP contribution in [-0.2, 0) is 26.1 Å². The van der Waals surface area contributed by atoms with Crippen molar-refractivity contribution in [1.29, 1.82) is 0 Å². The van der Waals surface area contributed by atoms with E-state index in [1.807, 2.05) is 0 Å². The van der Waals surface area contributed by atoms with Gasteiger partial charge in [-0.15, -0.1) is 0 Å². The molecular formula is C21H25NO8. The number of rotatable bonds is 4. The van der Waals surface area contributed by atoms with Gasteiger partial charge in [-0.1, -0.05) is 0 Å². The lowest BCUT2D eigenvalue weighted by Crippen LogP contribution is -2.53. The summed E-state index contributed by atoms with van der Waals surface area (Å²) in [4.78, 5) is 37.0. The molecule has 0 N–H and O–H groups in total. The Hall–Kier alpha value is -3.23. The van der Waals surface area contributed by atoms with Gasteiger partial charge in [0, 0.05) is 26.3 Å². The van der Waals surface area contributed by atoms with E-state index in [-0.39, 0.29) is 11.3 Å². The third kappa shape index (κ3) is 3.34. The van der Waals surface area contributed by atoms with Crippen LogP contribution in [0.25, 0.3) is 10.9 Å². The van der Waals surface area contributed by atoms with Crippen LogP contribution in [0.1, 0.15) is 39.4 Å². The van der Waals surface area contributed by atoms with Gasteiger partial charge in [-0.05, 0) is 26.0 Å². The quantitative estimate of drug-likeness (QED) is 0.696. The van der Waals surface area contributed by atoms with Crippen molar-refractivity contribution in [3.05, 3.63) is 28.0 Å². The number of aryl methyl sites for hydroxylation is 1. The molecule has 1 aliphatic rings. The van der Waals surface area contributed by atoms with Gasteiger partial charge in [0.15, 0.2) is 23.7 Å². The maximum absolute atomic E-state index is 13.4. The number of esters is 2. The van der Waals surface area contributed by atoms with Crippen LogP contribution in [0.4, 0.5) is 0 Å². The normalized spacial score (nSPS) is 19.4. The Morgan fingerprint density at radius 2 is 1.70 bits per heavy atom. The fraction of sp³-hybridized carbons (Fsp3) is 0.476. The smallest absolute Gasteiger partial charge is 0.303 e. The summed E-state index contributed by atoms with van der Waals surface area (Å²) in [6.07, 6.45) is -2.15. The number of fused-ring (bicyclic) bond motifs is 3. The van der Waals surface area contributed by atoms with Gasteiger partial charge < -0.3 is 28.3 Å². The van der Waals surface area contributed by atoms with Crippen LogP contribution < -0.4 is 19.8 Å². The summed E-state index contributed by atoms with van der Waals surface area (Å²) < 4.78 is 29.3. The van der Waals surface area contributed by atoms with Gasteiger partial charge in [0.25, 0.3) is 5.56 Å². The molecule has 0 fully saturated rings. The molecule has 0 radical (unpaired) electrons. The van der Waals surface area contributed by atoms with Gasteiger partial charge in [-0.2, -0.15) is 0 Å². The molecule has 2 atom stereocenters. The monoisotopic (exact) mass is 419 g/mol. The van der Waals surface area contributed by atoms with E-state index in [1.165, 1.54) is 32.6 Å². The third-order valence-electron chi connectivity index (χ3n) is 5.07. The van der Waals surface area contributed by atoms with Gasteiger partial charge in [0.1, 0.15) is 22.4 Å². The molecule has 0 amide bonds. The zero-order valence-electron chi connectivity index (χ0n) is 18.0. The highest BCUT2D eigenvalue weighted by Crippen LogP contribution is 2.47. The molecule has 9 nitrogen and oxygen atoms in total. The van der Waals surface area contributed by atoms with Crippen LogP contribution in [0.5, 0.6) is 17.2 Å². The molecule has 0 spiro atoms. The SMILES string of the molecule is COc1ccc2c3c(c(=O)n(C)c2c1OC)[C@@H](OC(C)=O)[C@H](OC(C)=O)C(C)(C)O3. The van der Waals surface area contributed by atoms with E-state index in [1.54, 1.807) is 33.0 Å². The first-order chi connectivity index (χ1) is 14.0. The first-order valence-electron chi connectivity index (χ1n) is 9.34. The number of hydrogen-bond acceptors (Lipinski definition) is 8. The number of carbonyl (C=O) groups excluding carboxylic acids is 2. The molecule has 0 saturated heterocycles. The van der Waals surface area contributed by atoms with Crippen LogP contribution in [-0.4, -0.2) is 42.4 Å². The van der Waals surface area contributed by atoms with E-state index < -0.39 is 35.3 Å².